The van der Waals surface area contributed by atoms with Crippen molar-refractivity contribution in [3.8, 4) is 0 Å². The molecule has 0 aliphatic heterocycles. The summed E-state index contributed by atoms with van der Waals surface area (Å²) in [6.07, 6.45) is 2.92. The first-order valence-corrected chi connectivity index (χ1v) is 5.71. The van der Waals surface area contributed by atoms with Gasteiger partial charge in [0.2, 0.25) is 5.76 Å². The molecule has 0 bridgehead atoms. The van der Waals surface area contributed by atoms with Gasteiger partial charge in [-0.15, -0.1) is 0 Å². The van der Waals surface area contributed by atoms with Gasteiger partial charge in [0.15, 0.2) is 10.7 Å². The standard InChI is InChI=1S/C10H6N4O3S/c15-10(16)5-1-2-6(17-5)18-9-7-8(12-3-11-7)13-4-14-9/h1-4H,(H,15,16)(H,11,12,13,14). The average Bonchev–Trinajstić information content (AvgIpc) is 2.97. The Morgan fingerprint density at radius 1 is 1.33 bits per heavy atom. The summed E-state index contributed by atoms with van der Waals surface area (Å²) in [4.78, 5) is 25.7. The van der Waals surface area contributed by atoms with Crippen LogP contribution >= 0.6 is 11.8 Å². The van der Waals surface area contributed by atoms with Crippen LogP contribution in [-0.2, 0) is 0 Å². The first-order valence-electron chi connectivity index (χ1n) is 4.89. The Bertz CT molecular complexity index is 721. The highest BCUT2D eigenvalue weighted by atomic mass is 32.2. The minimum absolute atomic E-state index is 0.104. The lowest BCUT2D eigenvalue weighted by atomic mass is 10.5. The van der Waals surface area contributed by atoms with Gasteiger partial charge in [-0.2, -0.15) is 0 Å². The van der Waals surface area contributed by atoms with Gasteiger partial charge in [0.1, 0.15) is 16.9 Å². The predicted molar refractivity (Wildman–Crippen MR) is 61.5 cm³/mol. The number of hydrogen-bond donors (Lipinski definition) is 2. The molecule has 0 fully saturated rings. The Balaban J connectivity index is 1.96. The van der Waals surface area contributed by atoms with E-state index in [1.54, 1.807) is 6.07 Å². The second-order valence-electron chi connectivity index (χ2n) is 3.31. The molecule has 0 unspecified atom stereocenters. The maximum absolute atomic E-state index is 10.7. The average molecular weight is 262 g/mol. The van der Waals surface area contributed by atoms with Gasteiger partial charge >= 0.3 is 5.97 Å². The zero-order chi connectivity index (χ0) is 12.5. The van der Waals surface area contributed by atoms with E-state index in [9.17, 15) is 4.79 Å². The first kappa shape index (κ1) is 10.8. The van der Waals surface area contributed by atoms with E-state index in [2.05, 4.69) is 19.9 Å². The number of carbonyl (C=O) groups is 1. The van der Waals surface area contributed by atoms with Crippen LogP contribution in [-0.4, -0.2) is 31.0 Å². The van der Waals surface area contributed by atoms with Crippen molar-refractivity contribution in [1.82, 2.24) is 19.9 Å². The SMILES string of the molecule is O=C(O)c1ccc(Sc2ncnc3nc[nH]c23)o1. The molecule has 90 valence electrons. The van der Waals surface area contributed by atoms with E-state index in [0.717, 1.165) is 0 Å². The molecule has 0 amide bonds. The Hall–Kier alpha value is -2.35. The van der Waals surface area contributed by atoms with Crippen LogP contribution < -0.4 is 0 Å². The minimum Gasteiger partial charge on any atom is -0.475 e. The van der Waals surface area contributed by atoms with Crippen molar-refractivity contribution in [2.45, 2.75) is 10.1 Å². The van der Waals surface area contributed by atoms with E-state index < -0.39 is 5.97 Å². The third-order valence-corrected chi connectivity index (χ3v) is 3.10. The molecule has 0 atom stereocenters. The monoisotopic (exact) mass is 262 g/mol. The van der Waals surface area contributed by atoms with Gasteiger partial charge in [-0.3, -0.25) is 0 Å². The molecule has 0 saturated heterocycles. The van der Waals surface area contributed by atoms with Crippen LogP contribution in [0.5, 0.6) is 0 Å². The quantitative estimate of drug-likeness (QED) is 0.693. The largest absolute Gasteiger partial charge is 0.475 e. The molecular formula is C10H6N4O3S. The molecule has 0 spiro atoms. The Labute approximate surface area is 104 Å². The fourth-order valence-electron chi connectivity index (χ4n) is 1.41. The lowest BCUT2D eigenvalue weighted by Gasteiger charge is -1.97. The number of fused-ring (bicyclic) bond motifs is 1. The maximum Gasteiger partial charge on any atom is 0.371 e. The molecule has 2 N–H and O–H groups in total. The number of furan rings is 1. The van der Waals surface area contributed by atoms with Gasteiger partial charge in [-0.25, -0.2) is 19.7 Å². The van der Waals surface area contributed by atoms with Crippen molar-refractivity contribution in [3.63, 3.8) is 0 Å². The van der Waals surface area contributed by atoms with E-state index >= 15 is 0 Å². The summed E-state index contributed by atoms with van der Waals surface area (Å²) in [6.45, 7) is 0. The molecule has 0 aliphatic carbocycles. The predicted octanol–water partition coefficient (Wildman–Crippen LogP) is 1.80. The summed E-state index contributed by atoms with van der Waals surface area (Å²) in [5.74, 6) is -1.20. The van der Waals surface area contributed by atoms with Gasteiger partial charge in [-0.1, -0.05) is 0 Å². The number of aromatic carboxylic acids is 1. The van der Waals surface area contributed by atoms with Crippen molar-refractivity contribution in [2.24, 2.45) is 0 Å². The van der Waals surface area contributed by atoms with E-state index in [4.69, 9.17) is 9.52 Å². The number of nitrogens with one attached hydrogen (secondary N) is 1. The van der Waals surface area contributed by atoms with Crippen LogP contribution in [0.25, 0.3) is 11.2 Å². The molecule has 8 heteroatoms. The smallest absolute Gasteiger partial charge is 0.371 e. The second-order valence-corrected chi connectivity index (χ2v) is 4.30. The number of aromatic amines is 1. The highest BCUT2D eigenvalue weighted by Gasteiger charge is 2.13. The number of hydrogen-bond acceptors (Lipinski definition) is 6. The van der Waals surface area contributed by atoms with E-state index in [0.29, 0.717) is 21.3 Å². The van der Waals surface area contributed by atoms with Crippen LogP contribution in [0.2, 0.25) is 0 Å². The topological polar surface area (TPSA) is 105 Å². The molecule has 3 heterocycles. The molecule has 18 heavy (non-hydrogen) atoms. The molecule has 3 aromatic heterocycles. The highest BCUT2D eigenvalue weighted by Crippen LogP contribution is 2.30. The number of rotatable bonds is 3. The number of aromatic nitrogens is 4. The van der Waals surface area contributed by atoms with E-state index in [1.807, 2.05) is 0 Å². The Morgan fingerprint density at radius 2 is 2.22 bits per heavy atom. The van der Waals surface area contributed by atoms with Crippen molar-refractivity contribution in [3.05, 3.63) is 30.5 Å². The highest BCUT2D eigenvalue weighted by molar-refractivity contribution is 7.99. The molecule has 3 aromatic rings. The maximum atomic E-state index is 10.7. The molecule has 3 rings (SSSR count). The summed E-state index contributed by atoms with van der Waals surface area (Å²) < 4.78 is 5.14. The number of carboxylic acid groups (broad SMARTS) is 1. The summed E-state index contributed by atoms with van der Waals surface area (Å²) in [5, 5.41) is 9.83. The summed E-state index contributed by atoms with van der Waals surface area (Å²) in [6, 6.07) is 2.98. The lowest BCUT2D eigenvalue weighted by molar-refractivity contribution is 0.0656. The van der Waals surface area contributed by atoms with Crippen molar-refractivity contribution < 1.29 is 14.3 Å². The summed E-state index contributed by atoms with van der Waals surface area (Å²) >= 11 is 1.21. The van der Waals surface area contributed by atoms with Crippen LogP contribution in [0.15, 0.2) is 39.3 Å². The van der Waals surface area contributed by atoms with Crippen molar-refractivity contribution >= 4 is 28.9 Å². The van der Waals surface area contributed by atoms with Crippen molar-refractivity contribution in [1.29, 1.82) is 0 Å². The van der Waals surface area contributed by atoms with Gasteiger partial charge < -0.3 is 14.5 Å². The molecule has 0 saturated carbocycles. The fraction of sp³-hybridized carbons (Fsp3) is 0. The molecule has 0 aliphatic rings. The lowest BCUT2D eigenvalue weighted by Crippen LogP contribution is -1.91. The zero-order valence-corrected chi connectivity index (χ0v) is 9.64. The van der Waals surface area contributed by atoms with E-state index in [1.165, 1.54) is 30.5 Å². The molecular weight excluding hydrogens is 256 g/mol. The van der Waals surface area contributed by atoms with E-state index in [-0.39, 0.29) is 5.76 Å². The van der Waals surface area contributed by atoms with Crippen LogP contribution in [0.4, 0.5) is 0 Å². The van der Waals surface area contributed by atoms with Crippen LogP contribution in [0.1, 0.15) is 10.6 Å². The number of nitrogens with zero attached hydrogens (tertiary/aromatic N) is 3. The third-order valence-electron chi connectivity index (χ3n) is 2.18. The summed E-state index contributed by atoms with van der Waals surface area (Å²) in [5.41, 5.74) is 1.24. The zero-order valence-electron chi connectivity index (χ0n) is 8.82. The fourth-order valence-corrected chi connectivity index (χ4v) is 2.22. The number of carboxylic acids is 1. The Morgan fingerprint density at radius 3 is 3.00 bits per heavy atom. The third kappa shape index (κ3) is 1.82. The number of H-pyrrole nitrogens is 1. The molecule has 0 radical (unpaired) electrons. The number of imidazole rings is 1. The molecule has 0 aromatic carbocycles. The van der Waals surface area contributed by atoms with Crippen molar-refractivity contribution in [2.75, 3.05) is 0 Å². The Kier molecular flexibility index (Phi) is 2.49. The normalized spacial score (nSPS) is 10.9. The molecule has 7 nitrogen and oxygen atoms in total. The second kappa shape index (κ2) is 4.15. The van der Waals surface area contributed by atoms with Gasteiger partial charge in [-0.05, 0) is 23.9 Å². The van der Waals surface area contributed by atoms with Crippen LogP contribution in [0, 0.1) is 0 Å². The van der Waals surface area contributed by atoms with Gasteiger partial charge in [0.25, 0.3) is 0 Å². The first-order chi connectivity index (χ1) is 8.74. The van der Waals surface area contributed by atoms with Gasteiger partial charge in [0.05, 0.1) is 6.33 Å². The van der Waals surface area contributed by atoms with Gasteiger partial charge in [0, 0.05) is 0 Å². The van der Waals surface area contributed by atoms with Crippen LogP contribution in [0.3, 0.4) is 0 Å². The summed E-state index contributed by atoms with van der Waals surface area (Å²) in [7, 11) is 0. The minimum atomic E-state index is -1.10.